The maximum Gasteiger partial charge on any atom is 0 e. The summed E-state index contributed by atoms with van der Waals surface area (Å²) < 4.78 is 0. The fourth-order valence-corrected chi connectivity index (χ4v) is 0. The molecule has 0 nitrogen and oxygen atoms in total. The van der Waals surface area contributed by atoms with Crippen molar-refractivity contribution in [3.05, 3.63) is 0 Å². The number of hydrogen-bond acceptors (Lipinski definition) is 0. The maximum atomic E-state index is 0. The molecule has 0 bridgehead atoms. The van der Waals surface area contributed by atoms with Gasteiger partial charge < -0.3 is 0 Å². The monoisotopic (exact) mass is 766 g/mol. The fourth-order valence-electron chi connectivity index (χ4n) is 0. The van der Waals surface area contributed by atoms with Crippen LogP contribution in [0.5, 0.6) is 0 Å². The Labute approximate surface area is 119 Å². The van der Waals surface area contributed by atoms with Gasteiger partial charge in [0.05, 0.1) is 0 Å². The minimum absolute atomic E-state index is 0. The molecule has 0 N–H and O–H groups in total. The Bertz CT molecular complexity index is 3.25. The van der Waals surface area contributed by atoms with Crippen molar-refractivity contribution in [2.75, 3.05) is 0 Å². The van der Waals surface area contributed by atoms with E-state index in [9.17, 15) is 0 Å². The average molecular weight is 766 g/mol. The van der Waals surface area contributed by atoms with E-state index in [-0.39, 0.29) is 123 Å². The van der Waals surface area contributed by atoms with Gasteiger partial charge in [0.1, 0.15) is 0 Å². The standard InChI is InChI=1S/Nd.3Pb. The summed E-state index contributed by atoms with van der Waals surface area (Å²) in [6.07, 6.45) is 0. The molecular formula is NdPb3. The molecule has 0 aromatic carbocycles. The molecule has 0 rings (SSSR count). The summed E-state index contributed by atoms with van der Waals surface area (Å²) in [5, 5.41) is 0. The van der Waals surface area contributed by atoms with Crippen LogP contribution in [0.3, 0.4) is 0 Å². The molecule has 0 atom stereocenters. The molecule has 0 aliphatic rings. The molecule has 0 amide bonds. The molecule has 0 aliphatic carbocycles. The summed E-state index contributed by atoms with van der Waals surface area (Å²) >= 11 is 0. The van der Waals surface area contributed by atoms with Gasteiger partial charge in [-0.2, -0.15) is 0 Å². The first-order valence-electron chi connectivity index (χ1n) is 0. The molecule has 0 saturated heterocycles. The Morgan fingerprint density at radius 3 is 0.500 bits per heavy atom. The zero-order valence-electron chi connectivity index (χ0n) is 2.00. The summed E-state index contributed by atoms with van der Waals surface area (Å²) in [5.74, 6) is 0. The molecule has 4 heavy (non-hydrogen) atoms. The van der Waals surface area contributed by atoms with Gasteiger partial charge in [-0.05, 0) is 0 Å². The third-order valence-corrected chi connectivity index (χ3v) is 0. The molecule has 16 valence electrons. The van der Waals surface area contributed by atoms with Gasteiger partial charge in [-0.15, -0.1) is 0 Å². The topological polar surface area (TPSA) is 0 Å². The van der Waals surface area contributed by atoms with Crippen molar-refractivity contribution >= 4 is 81.9 Å². The van der Waals surface area contributed by atoms with Gasteiger partial charge in [-0.3, -0.25) is 0 Å². The number of hydrogen-bond donors (Lipinski definition) is 0. The van der Waals surface area contributed by atoms with E-state index in [4.69, 9.17) is 0 Å². The van der Waals surface area contributed by atoms with Crippen LogP contribution in [0.15, 0.2) is 0 Å². The second kappa shape index (κ2) is 15.7. The fraction of sp³-hybridized carbons (Fsp3) is 0. The zero-order chi connectivity index (χ0) is 0. The van der Waals surface area contributed by atoms with E-state index in [0.717, 1.165) is 0 Å². The van der Waals surface area contributed by atoms with E-state index in [1.807, 2.05) is 0 Å². The van der Waals surface area contributed by atoms with Crippen molar-refractivity contribution in [3.8, 4) is 0 Å². The molecule has 12 radical (unpaired) electrons. The van der Waals surface area contributed by atoms with E-state index >= 15 is 0 Å². The third-order valence-electron chi connectivity index (χ3n) is 0. The summed E-state index contributed by atoms with van der Waals surface area (Å²) in [7, 11) is 0. The van der Waals surface area contributed by atoms with Gasteiger partial charge >= 0.3 is 0 Å². The van der Waals surface area contributed by atoms with Crippen LogP contribution in [0.4, 0.5) is 0 Å². The van der Waals surface area contributed by atoms with Crippen molar-refractivity contribution in [2.45, 2.75) is 0 Å². The Morgan fingerprint density at radius 2 is 0.500 bits per heavy atom. The van der Waals surface area contributed by atoms with Gasteiger partial charge in [-0.25, -0.2) is 0 Å². The van der Waals surface area contributed by atoms with Gasteiger partial charge in [0.2, 0.25) is 0 Å². The number of rotatable bonds is 0. The quantitative estimate of drug-likeness (QED) is 0.274. The second-order valence-corrected chi connectivity index (χ2v) is 0. The van der Waals surface area contributed by atoms with E-state index in [0.29, 0.717) is 0 Å². The summed E-state index contributed by atoms with van der Waals surface area (Å²) in [4.78, 5) is 0. The van der Waals surface area contributed by atoms with E-state index < -0.39 is 0 Å². The largest absolute Gasteiger partial charge is 0 e. The molecule has 0 spiro atoms. The first-order valence-corrected chi connectivity index (χ1v) is 0. The summed E-state index contributed by atoms with van der Waals surface area (Å²) in [6, 6.07) is 0. The van der Waals surface area contributed by atoms with Crippen LogP contribution in [0.1, 0.15) is 0 Å². The van der Waals surface area contributed by atoms with Crippen molar-refractivity contribution in [1.82, 2.24) is 0 Å². The average Bonchev–Trinajstić information content (AvgIpc) is 0. The van der Waals surface area contributed by atoms with E-state index in [2.05, 4.69) is 0 Å². The second-order valence-electron chi connectivity index (χ2n) is 0. The molecule has 0 unspecified atom stereocenters. The van der Waals surface area contributed by atoms with Crippen LogP contribution < -0.4 is 0 Å². The Balaban J connectivity index is 0. The van der Waals surface area contributed by atoms with Crippen LogP contribution in [-0.4, -0.2) is 81.9 Å². The van der Waals surface area contributed by atoms with Crippen molar-refractivity contribution in [2.24, 2.45) is 0 Å². The van der Waals surface area contributed by atoms with Crippen molar-refractivity contribution < 1.29 is 40.8 Å². The molecule has 4 heteroatoms. The normalized spacial score (nSPS) is 0. The molecule has 0 saturated carbocycles. The third kappa shape index (κ3) is 9.45. The molecule has 0 fully saturated rings. The van der Waals surface area contributed by atoms with Crippen LogP contribution in [0.2, 0.25) is 0 Å². The Hall–Kier alpha value is 4.12. The van der Waals surface area contributed by atoms with Crippen molar-refractivity contribution in [3.63, 3.8) is 0 Å². The minimum atomic E-state index is 0. The van der Waals surface area contributed by atoms with E-state index in [1.165, 1.54) is 0 Å². The predicted molar refractivity (Wildman–Crippen MR) is 17.3 cm³/mol. The molecule has 0 aromatic rings. The Kier molecular flexibility index (Phi) is 95.3. The SMILES string of the molecule is [Nd].[Pb].[Pb].[Pb]. The maximum absolute atomic E-state index is 0. The first-order chi connectivity index (χ1) is 0. The predicted octanol–water partition coefficient (Wildman–Crippen LogP) is -1.14. The van der Waals surface area contributed by atoms with Gasteiger partial charge in [-0.1, -0.05) is 0 Å². The zero-order valence-corrected chi connectivity index (χ0v) is 16.9. The van der Waals surface area contributed by atoms with Crippen LogP contribution >= 0.6 is 0 Å². The first kappa shape index (κ1) is 24.3. The van der Waals surface area contributed by atoms with Gasteiger partial charge in [0.15, 0.2) is 0 Å². The van der Waals surface area contributed by atoms with Crippen LogP contribution in [0, 0.1) is 40.8 Å². The molecule has 0 aliphatic heterocycles. The van der Waals surface area contributed by atoms with Crippen LogP contribution in [-0.2, 0) is 0 Å². The van der Waals surface area contributed by atoms with E-state index in [1.54, 1.807) is 0 Å². The Morgan fingerprint density at radius 1 is 0.500 bits per heavy atom. The summed E-state index contributed by atoms with van der Waals surface area (Å²) in [6.45, 7) is 0. The smallest absolute Gasteiger partial charge is 0 e. The summed E-state index contributed by atoms with van der Waals surface area (Å²) in [5.41, 5.74) is 0. The van der Waals surface area contributed by atoms with Crippen molar-refractivity contribution in [1.29, 1.82) is 0 Å². The molecule has 0 aromatic heterocycles. The molecule has 0 heterocycles. The molecular weight excluding hydrogens is 766 g/mol. The minimum Gasteiger partial charge on any atom is 0 e. The van der Waals surface area contributed by atoms with Crippen LogP contribution in [0.25, 0.3) is 0 Å². The van der Waals surface area contributed by atoms with Gasteiger partial charge in [0.25, 0.3) is 0 Å². The van der Waals surface area contributed by atoms with Gasteiger partial charge in [0, 0.05) is 123 Å².